The van der Waals surface area contributed by atoms with E-state index in [1.807, 2.05) is 23.9 Å². The van der Waals surface area contributed by atoms with Gasteiger partial charge in [0.15, 0.2) is 0 Å². The molecule has 0 N–H and O–H groups in total. The quantitative estimate of drug-likeness (QED) is 0.781. The third-order valence-electron chi connectivity index (χ3n) is 5.70. The van der Waals surface area contributed by atoms with Gasteiger partial charge in [0.1, 0.15) is 0 Å². The van der Waals surface area contributed by atoms with E-state index in [2.05, 4.69) is 9.88 Å². The van der Waals surface area contributed by atoms with Gasteiger partial charge in [-0.2, -0.15) is 0 Å². The molecule has 1 aromatic rings. The highest BCUT2D eigenvalue weighted by molar-refractivity contribution is 5.94. The third kappa shape index (κ3) is 4.58. The Morgan fingerprint density at radius 1 is 1.33 bits per heavy atom. The van der Waals surface area contributed by atoms with Gasteiger partial charge in [-0.3, -0.25) is 9.59 Å². The minimum absolute atomic E-state index is 0.0191. The van der Waals surface area contributed by atoms with Crippen molar-refractivity contribution >= 4 is 11.8 Å². The van der Waals surface area contributed by atoms with E-state index in [1.54, 1.807) is 25.4 Å². The Labute approximate surface area is 161 Å². The number of hydrogen-bond donors (Lipinski definition) is 0. The molecule has 7 nitrogen and oxygen atoms in total. The molecule has 0 radical (unpaired) electrons. The van der Waals surface area contributed by atoms with Crippen LogP contribution >= 0.6 is 0 Å². The molecule has 27 heavy (non-hydrogen) atoms. The van der Waals surface area contributed by atoms with Crippen LogP contribution in [0.3, 0.4) is 0 Å². The minimum Gasteiger partial charge on any atom is -0.481 e. The van der Waals surface area contributed by atoms with Crippen molar-refractivity contribution in [2.24, 2.45) is 5.41 Å². The molecule has 3 rings (SSSR count). The molecule has 0 aliphatic carbocycles. The molecule has 1 atom stereocenters. The molecular formula is C20H30N4O3. The molecule has 7 heteroatoms. The summed E-state index contributed by atoms with van der Waals surface area (Å²) in [5, 5.41) is 0. The number of carbonyl (C=O) groups is 2. The van der Waals surface area contributed by atoms with Gasteiger partial charge in [-0.1, -0.05) is 0 Å². The second-order valence-electron chi connectivity index (χ2n) is 8.04. The number of likely N-dealkylation sites (N-methyl/N-ethyl adjacent to an activating group) is 1. The van der Waals surface area contributed by atoms with E-state index in [0.717, 1.165) is 45.4 Å². The third-order valence-corrected chi connectivity index (χ3v) is 5.70. The zero-order chi connectivity index (χ0) is 19.4. The smallest absolute Gasteiger partial charge is 0.254 e. The molecular weight excluding hydrogens is 344 g/mol. The highest BCUT2D eigenvalue weighted by Crippen LogP contribution is 2.39. The molecule has 2 aliphatic rings. The van der Waals surface area contributed by atoms with Crippen molar-refractivity contribution in [3.63, 3.8) is 0 Å². The maximum atomic E-state index is 13.0. The number of methoxy groups -OCH3 is 1. The fourth-order valence-electron chi connectivity index (χ4n) is 4.18. The van der Waals surface area contributed by atoms with Crippen LogP contribution in [0.5, 0.6) is 5.88 Å². The Kier molecular flexibility index (Phi) is 5.99. The predicted molar refractivity (Wildman–Crippen MR) is 103 cm³/mol. The lowest BCUT2D eigenvalue weighted by atomic mass is 9.73. The van der Waals surface area contributed by atoms with Crippen LogP contribution in [-0.2, 0) is 4.79 Å². The van der Waals surface area contributed by atoms with Crippen LogP contribution in [0.4, 0.5) is 0 Å². The average Bonchev–Trinajstić information content (AvgIpc) is 2.68. The average molecular weight is 374 g/mol. The molecule has 0 aromatic carbocycles. The van der Waals surface area contributed by atoms with Crippen LogP contribution in [0.2, 0.25) is 0 Å². The summed E-state index contributed by atoms with van der Waals surface area (Å²) in [4.78, 5) is 35.5. The van der Waals surface area contributed by atoms with Crippen molar-refractivity contribution in [2.45, 2.75) is 25.7 Å². The van der Waals surface area contributed by atoms with E-state index >= 15 is 0 Å². The van der Waals surface area contributed by atoms with E-state index in [0.29, 0.717) is 24.4 Å². The Balaban J connectivity index is 1.70. The number of hydrogen-bond acceptors (Lipinski definition) is 5. The molecule has 0 saturated carbocycles. The zero-order valence-corrected chi connectivity index (χ0v) is 16.6. The number of carbonyl (C=O) groups excluding carboxylic acids is 2. The van der Waals surface area contributed by atoms with Crippen molar-refractivity contribution < 1.29 is 14.3 Å². The second-order valence-corrected chi connectivity index (χ2v) is 8.04. The first kappa shape index (κ1) is 19.6. The van der Waals surface area contributed by atoms with Gasteiger partial charge in [0.05, 0.1) is 7.11 Å². The topological polar surface area (TPSA) is 66.0 Å². The summed E-state index contributed by atoms with van der Waals surface area (Å²) in [7, 11) is 5.59. The van der Waals surface area contributed by atoms with Gasteiger partial charge in [0.2, 0.25) is 11.8 Å². The normalized spacial score (nSPS) is 23.2. The van der Waals surface area contributed by atoms with Crippen LogP contribution in [-0.4, -0.2) is 85.4 Å². The maximum Gasteiger partial charge on any atom is 0.254 e. The number of ether oxygens (including phenoxy) is 1. The monoisotopic (exact) mass is 374 g/mol. The number of likely N-dealkylation sites (tertiary alicyclic amines) is 2. The lowest BCUT2D eigenvalue weighted by molar-refractivity contribution is -0.139. The van der Waals surface area contributed by atoms with Gasteiger partial charge in [-0.25, -0.2) is 4.98 Å². The minimum atomic E-state index is 0.0191. The van der Waals surface area contributed by atoms with Crippen molar-refractivity contribution in [2.75, 3.05) is 53.9 Å². The number of pyridine rings is 1. The predicted octanol–water partition coefficient (Wildman–Crippen LogP) is 1.50. The van der Waals surface area contributed by atoms with Crippen LogP contribution in [0.25, 0.3) is 0 Å². The largest absolute Gasteiger partial charge is 0.481 e. The molecule has 0 unspecified atom stereocenters. The lowest BCUT2D eigenvalue weighted by Crippen LogP contribution is -2.55. The summed E-state index contributed by atoms with van der Waals surface area (Å²) in [5.41, 5.74) is 0.626. The zero-order valence-electron chi connectivity index (χ0n) is 16.6. The maximum absolute atomic E-state index is 13.0. The van der Waals surface area contributed by atoms with Crippen LogP contribution in [0.1, 0.15) is 36.0 Å². The first-order valence-corrected chi connectivity index (χ1v) is 9.64. The summed E-state index contributed by atoms with van der Waals surface area (Å²) >= 11 is 0. The van der Waals surface area contributed by atoms with Crippen molar-refractivity contribution in [1.29, 1.82) is 0 Å². The molecule has 1 spiro atoms. The second kappa shape index (κ2) is 8.25. The summed E-state index contributed by atoms with van der Waals surface area (Å²) in [6, 6.07) is 3.43. The standard InChI is InChI=1S/C20H30N4O3/c1-22(2)11-12-23-14-20(8-5-18(23)25)7-4-10-24(15-20)19(26)16-6-9-21-17(13-16)27-3/h6,9,13H,4-5,7-8,10-12,14-15H2,1-3H3/t20-/m1/s1. The molecule has 2 amide bonds. The molecule has 2 fully saturated rings. The van der Waals surface area contributed by atoms with Crippen molar-refractivity contribution in [1.82, 2.24) is 19.7 Å². The van der Waals surface area contributed by atoms with E-state index < -0.39 is 0 Å². The van der Waals surface area contributed by atoms with E-state index in [9.17, 15) is 9.59 Å². The summed E-state index contributed by atoms with van der Waals surface area (Å²) in [6.45, 7) is 3.84. The molecule has 1 aromatic heterocycles. The fraction of sp³-hybridized carbons (Fsp3) is 0.650. The lowest BCUT2D eigenvalue weighted by Gasteiger charge is -2.48. The van der Waals surface area contributed by atoms with Gasteiger partial charge in [0, 0.05) is 62.4 Å². The Hall–Kier alpha value is -2.15. The molecule has 3 heterocycles. The van der Waals surface area contributed by atoms with Gasteiger partial charge in [-0.15, -0.1) is 0 Å². The van der Waals surface area contributed by atoms with Gasteiger partial charge in [0.25, 0.3) is 5.91 Å². The molecule has 2 saturated heterocycles. The number of rotatable bonds is 5. The van der Waals surface area contributed by atoms with Crippen LogP contribution < -0.4 is 4.74 Å². The Bertz CT molecular complexity index is 694. The van der Waals surface area contributed by atoms with Crippen molar-refractivity contribution in [3.8, 4) is 5.88 Å². The first-order chi connectivity index (χ1) is 12.9. The van der Waals surface area contributed by atoms with Crippen LogP contribution in [0, 0.1) is 5.41 Å². The summed E-state index contributed by atoms with van der Waals surface area (Å²) in [5.74, 6) is 0.710. The molecule has 2 aliphatic heterocycles. The van der Waals surface area contributed by atoms with Gasteiger partial charge in [-0.05, 0) is 39.4 Å². The Morgan fingerprint density at radius 2 is 2.15 bits per heavy atom. The summed E-state index contributed by atoms with van der Waals surface area (Å²) in [6.07, 6.45) is 5.10. The highest BCUT2D eigenvalue weighted by Gasteiger charge is 2.42. The molecule has 0 bridgehead atoms. The van der Waals surface area contributed by atoms with E-state index in [-0.39, 0.29) is 17.2 Å². The van der Waals surface area contributed by atoms with Gasteiger partial charge >= 0.3 is 0 Å². The van der Waals surface area contributed by atoms with Crippen molar-refractivity contribution in [3.05, 3.63) is 23.9 Å². The van der Waals surface area contributed by atoms with E-state index in [1.165, 1.54) is 0 Å². The number of piperidine rings is 2. The highest BCUT2D eigenvalue weighted by atomic mass is 16.5. The number of amides is 2. The Morgan fingerprint density at radius 3 is 2.89 bits per heavy atom. The first-order valence-electron chi connectivity index (χ1n) is 9.64. The summed E-state index contributed by atoms with van der Waals surface area (Å²) < 4.78 is 5.14. The molecule has 148 valence electrons. The van der Waals surface area contributed by atoms with Crippen LogP contribution in [0.15, 0.2) is 18.3 Å². The fourth-order valence-corrected chi connectivity index (χ4v) is 4.18. The number of nitrogens with zero attached hydrogens (tertiary/aromatic N) is 4. The number of aromatic nitrogens is 1. The SMILES string of the molecule is COc1cc(C(=O)N2CCC[C@]3(CCC(=O)N(CCN(C)C)C3)C2)ccn1. The van der Waals surface area contributed by atoms with Gasteiger partial charge < -0.3 is 19.4 Å². The van der Waals surface area contributed by atoms with E-state index in [4.69, 9.17) is 4.74 Å².